The minimum atomic E-state index is 0.833. The summed E-state index contributed by atoms with van der Waals surface area (Å²) in [7, 11) is 0. The van der Waals surface area contributed by atoms with Crippen LogP contribution in [0.4, 0.5) is 0 Å². The van der Waals surface area contributed by atoms with Crippen LogP contribution in [0.25, 0.3) is 0 Å². The Bertz CT molecular complexity index is 388. The third kappa shape index (κ3) is 7.99. The molecular weight excluding hydrogens is 220 g/mol. The third-order valence-corrected chi connectivity index (χ3v) is 1.77. The zero-order valence-electron chi connectivity index (χ0n) is 11.1. The first kappa shape index (κ1) is 15.8. The summed E-state index contributed by atoms with van der Waals surface area (Å²) in [5, 5.41) is 0. The Balaban J connectivity index is 4.71. The normalized spacial score (nSPS) is 14.3. The molecule has 0 heterocycles. The van der Waals surface area contributed by atoms with Gasteiger partial charge in [0.05, 0.1) is 11.4 Å². The summed E-state index contributed by atoms with van der Waals surface area (Å²) >= 11 is 0. The fourth-order valence-electron chi connectivity index (χ4n) is 1.11. The average Bonchev–Trinajstić information content (AvgIpc) is 2.35. The summed E-state index contributed by atoms with van der Waals surface area (Å²) in [5.74, 6) is 0. The quantitative estimate of drug-likeness (QED) is 0.465. The highest BCUT2D eigenvalue weighted by Gasteiger charge is 1.84. The van der Waals surface area contributed by atoms with Crippen LogP contribution in [0.2, 0.25) is 0 Å². The van der Waals surface area contributed by atoms with Gasteiger partial charge in [-0.2, -0.15) is 0 Å². The maximum absolute atomic E-state index is 4.25. The van der Waals surface area contributed by atoms with E-state index >= 15 is 0 Å². The van der Waals surface area contributed by atoms with Crippen LogP contribution < -0.4 is 0 Å². The second-order valence-electron chi connectivity index (χ2n) is 3.21. The Morgan fingerprint density at radius 3 is 1.44 bits per heavy atom. The minimum Gasteiger partial charge on any atom is -0.255 e. The summed E-state index contributed by atoms with van der Waals surface area (Å²) in [4.78, 5) is 8.49. The Labute approximate surface area is 110 Å². The predicted octanol–water partition coefficient (Wildman–Crippen LogP) is 4.42. The lowest BCUT2D eigenvalue weighted by atomic mass is 10.3. The molecule has 0 atom stereocenters. The Morgan fingerprint density at radius 2 is 1.17 bits per heavy atom. The molecule has 0 saturated carbocycles. The number of hydrogen-bond acceptors (Lipinski definition) is 2. The fraction of sp³-hybridized carbons (Fsp3) is 0.125. The molecule has 0 amide bonds. The molecule has 0 aliphatic heterocycles. The van der Waals surface area contributed by atoms with Crippen molar-refractivity contribution < 1.29 is 0 Å². The van der Waals surface area contributed by atoms with E-state index in [1.54, 1.807) is 24.6 Å². The van der Waals surface area contributed by atoms with Crippen molar-refractivity contribution in [2.24, 2.45) is 9.98 Å². The smallest absolute Gasteiger partial charge is 0.0626 e. The summed E-state index contributed by atoms with van der Waals surface area (Å²) < 4.78 is 0. The molecule has 0 radical (unpaired) electrons. The number of allylic oxidation sites excluding steroid dienone is 8. The van der Waals surface area contributed by atoms with Gasteiger partial charge in [-0.15, -0.1) is 0 Å². The molecule has 0 bridgehead atoms. The van der Waals surface area contributed by atoms with Crippen LogP contribution in [0.5, 0.6) is 0 Å². The predicted molar refractivity (Wildman–Crippen MR) is 83.2 cm³/mol. The largest absolute Gasteiger partial charge is 0.255 e. The summed E-state index contributed by atoms with van der Waals surface area (Å²) in [5.41, 5.74) is 1.67. The van der Waals surface area contributed by atoms with Crippen molar-refractivity contribution >= 4 is 12.4 Å². The molecule has 0 aromatic carbocycles. The molecule has 18 heavy (non-hydrogen) atoms. The van der Waals surface area contributed by atoms with Gasteiger partial charge < -0.3 is 0 Å². The van der Waals surface area contributed by atoms with Crippen molar-refractivity contribution in [3.05, 3.63) is 73.2 Å². The fourth-order valence-corrected chi connectivity index (χ4v) is 1.11. The molecule has 0 aliphatic carbocycles. The molecule has 0 aromatic rings. The van der Waals surface area contributed by atoms with Gasteiger partial charge in [-0.1, -0.05) is 37.5 Å². The summed E-state index contributed by atoms with van der Waals surface area (Å²) in [6.45, 7) is 11.2. The molecule has 0 rings (SSSR count). The van der Waals surface area contributed by atoms with E-state index in [9.17, 15) is 0 Å². The molecule has 0 unspecified atom stereocenters. The van der Waals surface area contributed by atoms with Gasteiger partial charge in [0.1, 0.15) is 0 Å². The number of aliphatic imine (C=N–C) groups is 2. The van der Waals surface area contributed by atoms with Gasteiger partial charge in [-0.3, -0.25) is 9.98 Å². The van der Waals surface area contributed by atoms with Crippen molar-refractivity contribution in [1.29, 1.82) is 0 Å². The second kappa shape index (κ2) is 11.3. The van der Waals surface area contributed by atoms with E-state index in [0.717, 1.165) is 11.4 Å². The van der Waals surface area contributed by atoms with E-state index in [1.807, 2.05) is 50.3 Å². The van der Waals surface area contributed by atoms with Gasteiger partial charge in [0, 0.05) is 12.4 Å². The van der Waals surface area contributed by atoms with Crippen molar-refractivity contribution in [2.75, 3.05) is 0 Å². The van der Waals surface area contributed by atoms with E-state index in [0.29, 0.717) is 0 Å². The molecule has 0 spiro atoms. The highest BCUT2D eigenvalue weighted by Crippen LogP contribution is 1.99. The minimum absolute atomic E-state index is 0.833. The van der Waals surface area contributed by atoms with E-state index in [4.69, 9.17) is 0 Å². The SMILES string of the molecule is C=C/C=C(\C=C/C)N=CC=NC(/C=C\C)=C/C=C. The van der Waals surface area contributed by atoms with Crippen molar-refractivity contribution in [3.63, 3.8) is 0 Å². The molecule has 0 saturated heterocycles. The van der Waals surface area contributed by atoms with E-state index < -0.39 is 0 Å². The maximum atomic E-state index is 4.25. The average molecular weight is 240 g/mol. The van der Waals surface area contributed by atoms with E-state index in [2.05, 4.69) is 23.1 Å². The van der Waals surface area contributed by atoms with Crippen molar-refractivity contribution in [2.45, 2.75) is 13.8 Å². The lowest BCUT2D eigenvalue weighted by molar-refractivity contribution is 1.40. The molecular formula is C16H20N2. The maximum Gasteiger partial charge on any atom is 0.0626 e. The first-order valence-electron chi connectivity index (χ1n) is 5.76. The number of hydrogen-bond donors (Lipinski definition) is 0. The molecule has 94 valence electrons. The Morgan fingerprint density at radius 1 is 0.778 bits per heavy atom. The zero-order chi connectivity index (χ0) is 13.6. The molecule has 2 nitrogen and oxygen atoms in total. The molecule has 0 aliphatic rings. The standard InChI is InChI=1S/C16H20N2/c1-5-9-15(10-6-2)17-13-14-18-16(11-7-3)12-8-4/h5-14H,1,3H2,2,4H3/b10-6-,12-8-,15-9+,16-11+,17-13?,18-14?. The van der Waals surface area contributed by atoms with Gasteiger partial charge in [0.25, 0.3) is 0 Å². The van der Waals surface area contributed by atoms with Gasteiger partial charge in [-0.05, 0) is 38.2 Å². The van der Waals surface area contributed by atoms with Gasteiger partial charge >= 0.3 is 0 Å². The zero-order valence-corrected chi connectivity index (χ0v) is 11.1. The second-order valence-corrected chi connectivity index (χ2v) is 3.21. The van der Waals surface area contributed by atoms with E-state index in [1.165, 1.54) is 0 Å². The number of rotatable bonds is 7. The van der Waals surface area contributed by atoms with Crippen LogP contribution in [0.1, 0.15) is 13.8 Å². The van der Waals surface area contributed by atoms with Crippen molar-refractivity contribution in [1.82, 2.24) is 0 Å². The van der Waals surface area contributed by atoms with Crippen LogP contribution in [0.15, 0.2) is 83.1 Å². The van der Waals surface area contributed by atoms with Gasteiger partial charge in [0.15, 0.2) is 0 Å². The summed E-state index contributed by atoms with van der Waals surface area (Å²) in [6.07, 6.45) is 18.0. The highest BCUT2D eigenvalue weighted by atomic mass is 14.8. The van der Waals surface area contributed by atoms with E-state index in [-0.39, 0.29) is 0 Å². The molecule has 0 aromatic heterocycles. The van der Waals surface area contributed by atoms with Crippen LogP contribution >= 0.6 is 0 Å². The first-order valence-corrected chi connectivity index (χ1v) is 5.76. The van der Waals surface area contributed by atoms with Crippen molar-refractivity contribution in [3.8, 4) is 0 Å². The van der Waals surface area contributed by atoms with Crippen LogP contribution in [0.3, 0.4) is 0 Å². The Hall–Kier alpha value is -2.22. The van der Waals surface area contributed by atoms with Crippen LogP contribution in [-0.2, 0) is 0 Å². The van der Waals surface area contributed by atoms with Gasteiger partial charge in [-0.25, -0.2) is 0 Å². The number of nitrogens with zero attached hydrogens (tertiary/aromatic N) is 2. The molecule has 0 fully saturated rings. The molecule has 2 heteroatoms. The first-order chi connectivity index (χ1) is 8.78. The molecule has 0 N–H and O–H groups in total. The van der Waals surface area contributed by atoms with Crippen LogP contribution in [0, 0.1) is 0 Å². The van der Waals surface area contributed by atoms with Crippen LogP contribution in [-0.4, -0.2) is 12.4 Å². The monoisotopic (exact) mass is 240 g/mol. The Kier molecular flexibility index (Phi) is 9.88. The third-order valence-electron chi connectivity index (χ3n) is 1.77. The lowest BCUT2D eigenvalue weighted by Crippen LogP contribution is -1.80. The lowest BCUT2D eigenvalue weighted by Gasteiger charge is -1.91. The summed E-state index contributed by atoms with van der Waals surface area (Å²) in [6, 6.07) is 0. The highest BCUT2D eigenvalue weighted by molar-refractivity contribution is 6.16. The topological polar surface area (TPSA) is 24.7 Å². The van der Waals surface area contributed by atoms with Gasteiger partial charge in [0.2, 0.25) is 0 Å².